The minimum absolute atomic E-state index is 0.0362. The third-order valence-electron chi connectivity index (χ3n) is 2.36. The van der Waals surface area contributed by atoms with Crippen molar-refractivity contribution in [2.75, 3.05) is 6.54 Å². The zero-order chi connectivity index (χ0) is 10.8. The molecule has 14 heavy (non-hydrogen) atoms. The van der Waals surface area contributed by atoms with Crippen molar-refractivity contribution < 1.29 is 9.53 Å². The molecule has 0 amide bonds. The fourth-order valence-electron chi connectivity index (χ4n) is 1.73. The zero-order valence-electron chi connectivity index (χ0n) is 9.59. The van der Waals surface area contributed by atoms with Crippen LogP contribution in [0, 0.1) is 5.92 Å². The number of carbonyl (C=O) groups is 1. The maximum Gasteiger partial charge on any atom is 0.309 e. The average molecular weight is 199 g/mol. The minimum Gasteiger partial charge on any atom is -0.460 e. The fourth-order valence-corrected chi connectivity index (χ4v) is 1.73. The number of carbonyl (C=O) groups excluding carboxylic acids is 1. The molecule has 3 nitrogen and oxygen atoms in total. The average Bonchev–Trinajstić information content (AvgIpc) is 2.01. The van der Waals surface area contributed by atoms with Gasteiger partial charge >= 0.3 is 5.97 Å². The van der Waals surface area contributed by atoms with Crippen LogP contribution in [-0.4, -0.2) is 24.2 Å². The summed E-state index contributed by atoms with van der Waals surface area (Å²) >= 11 is 0. The molecule has 0 aromatic rings. The van der Waals surface area contributed by atoms with Crippen molar-refractivity contribution in [3.8, 4) is 0 Å². The Morgan fingerprint density at radius 3 is 2.57 bits per heavy atom. The van der Waals surface area contributed by atoms with Gasteiger partial charge in [-0.15, -0.1) is 0 Å². The summed E-state index contributed by atoms with van der Waals surface area (Å²) in [4.78, 5) is 11.7. The van der Waals surface area contributed by atoms with Gasteiger partial charge in [0, 0.05) is 6.04 Å². The van der Waals surface area contributed by atoms with Crippen molar-refractivity contribution in [1.29, 1.82) is 0 Å². The smallest absolute Gasteiger partial charge is 0.309 e. The van der Waals surface area contributed by atoms with E-state index in [1.54, 1.807) is 0 Å². The Kier molecular flexibility index (Phi) is 3.53. The summed E-state index contributed by atoms with van der Waals surface area (Å²) in [7, 11) is 0. The van der Waals surface area contributed by atoms with Crippen LogP contribution in [0.3, 0.4) is 0 Å². The zero-order valence-corrected chi connectivity index (χ0v) is 9.59. The summed E-state index contributed by atoms with van der Waals surface area (Å²) in [6, 6.07) is 0.432. The second kappa shape index (κ2) is 4.30. The van der Waals surface area contributed by atoms with Gasteiger partial charge in [0.25, 0.3) is 0 Å². The molecule has 0 aliphatic carbocycles. The second-order valence-electron chi connectivity index (χ2n) is 5.11. The predicted octanol–water partition coefficient (Wildman–Crippen LogP) is 1.72. The van der Waals surface area contributed by atoms with E-state index in [1.165, 1.54) is 0 Å². The van der Waals surface area contributed by atoms with Gasteiger partial charge in [-0.25, -0.2) is 0 Å². The molecule has 0 aromatic carbocycles. The summed E-state index contributed by atoms with van der Waals surface area (Å²) in [6.07, 6.45) is 1.80. The van der Waals surface area contributed by atoms with Crippen molar-refractivity contribution in [1.82, 2.24) is 5.32 Å². The Morgan fingerprint density at radius 1 is 1.43 bits per heavy atom. The molecule has 1 fully saturated rings. The third-order valence-corrected chi connectivity index (χ3v) is 2.36. The summed E-state index contributed by atoms with van der Waals surface area (Å²) < 4.78 is 5.36. The molecule has 82 valence electrons. The monoisotopic (exact) mass is 199 g/mol. The summed E-state index contributed by atoms with van der Waals surface area (Å²) in [6.45, 7) is 8.77. The highest BCUT2D eigenvalue weighted by Crippen LogP contribution is 2.20. The van der Waals surface area contributed by atoms with Crippen LogP contribution in [0.5, 0.6) is 0 Å². The first kappa shape index (κ1) is 11.5. The number of ether oxygens (including phenoxy) is 1. The second-order valence-corrected chi connectivity index (χ2v) is 5.11. The molecule has 0 aromatic heterocycles. The van der Waals surface area contributed by atoms with Crippen molar-refractivity contribution in [2.24, 2.45) is 5.92 Å². The molecule has 1 aliphatic rings. The number of nitrogens with one attached hydrogen (secondary N) is 1. The normalized spacial score (nSPS) is 28.6. The van der Waals surface area contributed by atoms with Gasteiger partial charge in [-0.2, -0.15) is 0 Å². The third kappa shape index (κ3) is 3.66. The largest absolute Gasteiger partial charge is 0.460 e. The molecule has 3 heteroatoms. The van der Waals surface area contributed by atoms with Crippen LogP contribution in [0.1, 0.15) is 40.5 Å². The number of hydrogen-bond acceptors (Lipinski definition) is 3. The van der Waals surface area contributed by atoms with Crippen LogP contribution in [0.4, 0.5) is 0 Å². The first-order valence-corrected chi connectivity index (χ1v) is 5.35. The molecule has 0 radical (unpaired) electrons. The standard InChI is InChI=1S/C11H21NO2/c1-8-7-9(5-6-12-8)10(13)14-11(2,3)4/h8-9,12H,5-7H2,1-4H3/t8-,9?/m1/s1. The topological polar surface area (TPSA) is 38.3 Å². The maximum absolute atomic E-state index is 11.7. The van der Waals surface area contributed by atoms with Gasteiger partial charge in [0.2, 0.25) is 0 Å². The lowest BCUT2D eigenvalue weighted by Crippen LogP contribution is -2.40. The van der Waals surface area contributed by atoms with Crippen molar-refractivity contribution >= 4 is 5.97 Å². The minimum atomic E-state index is -0.356. The SMILES string of the molecule is C[C@@H]1CC(C(=O)OC(C)(C)C)CCN1. The van der Waals surface area contributed by atoms with Gasteiger partial charge in [0.05, 0.1) is 5.92 Å². The highest BCUT2D eigenvalue weighted by Gasteiger charge is 2.28. The molecule has 1 rings (SSSR count). The van der Waals surface area contributed by atoms with E-state index in [4.69, 9.17) is 4.74 Å². The number of esters is 1. The summed E-state index contributed by atoms with van der Waals surface area (Å²) in [5.74, 6) is 0.0522. The Bertz CT molecular complexity index is 208. The van der Waals surface area contributed by atoms with Gasteiger partial charge in [-0.3, -0.25) is 4.79 Å². The van der Waals surface area contributed by atoms with Gasteiger partial charge in [0.1, 0.15) is 5.60 Å². The van der Waals surface area contributed by atoms with Crippen LogP contribution in [0.15, 0.2) is 0 Å². The molecule has 0 spiro atoms. The quantitative estimate of drug-likeness (QED) is 0.653. The molecule has 2 atom stereocenters. The molecule has 1 N–H and O–H groups in total. The lowest BCUT2D eigenvalue weighted by Gasteiger charge is -2.29. The molecule has 1 aliphatic heterocycles. The predicted molar refractivity (Wildman–Crippen MR) is 56.0 cm³/mol. The van der Waals surface area contributed by atoms with Gasteiger partial charge < -0.3 is 10.1 Å². The van der Waals surface area contributed by atoms with Gasteiger partial charge in [-0.05, 0) is 47.1 Å². The maximum atomic E-state index is 11.7. The molecule has 1 saturated heterocycles. The Labute approximate surface area is 86.2 Å². The molecular formula is C11H21NO2. The van der Waals surface area contributed by atoms with E-state index in [9.17, 15) is 4.79 Å². The first-order valence-electron chi connectivity index (χ1n) is 5.35. The summed E-state index contributed by atoms with van der Waals surface area (Å²) in [5, 5.41) is 3.32. The van der Waals surface area contributed by atoms with Crippen molar-refractivity contribution in [3.05, 3.63) is 0 Å². The highest BCUT2D eigenvalue weighted by atomic mass is 16.6. The van der Waals surface area contributed by atoms with Gasteiger partial charge in [-0.1, -0.05) is 0 Å². The van der Waals surface area contributed by atoms with E-state index in [0.29, 0.717) is 6.04 Å². The Hall–Kier alpha value is -0.570. The van der Waals surface area contributed by atoms with E-state index in [0.717, 1.165) is 19.4 Å². The van der Waals surface area contributed by atoms with Crippen molar-refractivity contribution in [2.45, 2.75) is 52.2 Å². The molecular weight excluding hydrogens is 178 g/mol. The van der Waals surface area contributed by atoms with Crippen LogP contribution in [0.2, 0.25) is 0 Å². The van der Waals surface area contributed by atoms with E-state index in [2.05, 4.69) is 12.2 Å². The molecule has 0 saturated carbocycles. The van der Waals surface area contributed by atoms with E-state index < -0.39 is 0 Å². The Morgan fingerprint density at radius 2 is 2.07 bits per heavy atom. The van der Waals surface area contributed by atoms with Crippen LogP contribution in [0.25, 0.3) is 0 Å². The van der Waals surface area contributed by atoms with Crippen LogP contribution in [-0.2, 0) is 9.53 Å². The summed E-state index contributed by atoms with van der Waals surface area (Å²) in [5.41, 5.74) is -0.356. The lowest BCUT2D eigenvalue weighted by atomic mass is 9.93. The molecule has 1 heterocycles. The Balaban J connectivity index is 2.44. The van der Waals surface area contributed by atoms with Gasteiger partial charge in [0.15, 0.2) is 0 Å². The van der Waals surface area contributed by atoms with E-state index in [-0.39, 0.29) is 17.5 Å². The van der Waals surface area contributed by atoms with E-state index >= 15 is 0 Å². The van der Waals surface area contributed by atoms with Crippen molar-refractivity contribution in [3.63, 3.8) is 0 Å². The van der Waals surface area contributed by atoms with E-state index in [1.807, 2.05) is 20.8 Å². The highest BCUT2D eigenvalue weighted by molar-refractivity contribution is 5.73. The van der Waals surface area contributed by atoms with Crippen LogP contribution >= 0.6 is 0 Å². The molecule has 0 bridgehead atoms. The fraction of sp³-hybridized carbons (Fsp3) is 0.909. The number of rotatable bonds is 1. The first-order chi connectivity index (χ1) is 6.38. The number of piperidine rings is 1. The molecule has 1 unspecified atom stereocenters. The van der Waals surface area contributed by atoms with Crippen LogP contribution < -0.4 is 5.32 Å². The lowest BCUT2D eigenvalue weighted by molar-refractivity contribution is -0.161. The number of hydrogen-bond donors (Lipinski definition) is 1.